The molecule has 13 nitrogen and oxygen atoms in total. The number of nitrogens with zero attached hydrogens (tertiary/aromatic N) is 2. The number of carboxylic acids is 1. The second kappa shape index (κ2) is 15.4. The predicted molar refractivity (Wildman–Crippen MR) is 246 cm³/mol. The number of carbonyl (C=O) groups is 6. The van der Waals surface area contributed by atoms with Crippen LogP contribution in [0.5, 0.6) is 0 Å². The Morgan fingerprint density at radius 2 is 1.50 bits per heavy atom. The fraction of sp³-hybridized carbons (Fsp3) is 0.679. The number of fused-ring (bicyclic) bond motifs is 7. The van der Waals surface area contributed by atoms with Crippen LogP contribution in [0.3, 0.4) is 0 Å². The van der Waals surface area contributed by atoms with Crippen LogP contribution in [-0.4, -0.2) is 74.8 Å². The van der Waals surface area contributed by atoms with Gasteiger partial charge in [0, 0.05) is 17.4 Å². The highest BCUT2D eigenvalue weighted by Crippen LogP contribution is 2.76. The largest absolute Gasteiger partial charge is 0.481 e. The fourth-order valence-corrected chi connectivity index (χ4v) is 15.6. The average Bonchev–Trinajstić information content (AvgIpc) is 3.78. The molecule has 0 spiro atoms. The SMILES string of the molecule is COC(=O)n1nc(-c2ccccc2)cc1C(=O)NC1(C(=O)N[C@@]23CC[C@]4(C)[C@H](CC[C@@H]5[C@@]6(C)CC[C@H](OC(=O)[C@H]7C[C@@H](C(=O)O)C7(C)C)C(C)(C)[C@@H]6CC[C@]54C)C2=C(C(C)C)C(=O)C3)CC1. The lowest BCUT2D eigenvalue weighted by atomic mass is 9.33. The smallest absolute Gasteiger partial charge is 0.435 e. The van der Waals surface area contributed by atoms with Gasteiger partial charge in [0.2, 0.25) is 5.91 Å². The maximum Gasteiger partial charge on any atom is 0.435 e. The number of hydrogen-bond donors (Lipinski definition) is 3. The minimum atomic E-state index is -1.20. The van der Waals surface area contributed by atoms with Crippen LogP contribution in [-0.2, 0) is 28.7 Å². The van der Waals surface area contributed by atoms with Crippen LogP contribution in [0.4, 0.5) is 4.79 Å². The molecule has 6 saturated carbocycles. The number of nitrogens with one attached hydrogen (secondary N) is 2. The maximum absolute atomic E-state index is 14.8. The molecule has 1 heterocycles. The lowest BCUT2D eigenvalue weighted by Crippen LogP contribution is -2.68. The summed E-state index contributed by atoms with van der Waals surface area (Å²) >= 11 is 0. The first-order chi connectivity index (χ1) is 30.9. The van der Waals surface area contributed by atoms with E-state index >= 15 is 0 Å². The second-order valence-corrected chi connectivity index (χ2v) is 23.7. The first-order valence-corrected chi connectivity index (χ1v) is 24.5. The van der Waals surface area contributed by atoms with E-state index in [2.05, 4.69) is 64.2 Å². The zero-order valence-electron chi connectivity index (χ0n) is 40.6. The number of rotatable bonds is 9. The number of carbonyl (C=O) groups excluding carboxylic acids is 5. The Morgan fingerprint density at radius 1 is 0.803 bits per heavy atom. The van der Waals surface area contributed by atoms with E-state index in [0.717, 1.165) is 66.3 Å². The van der Waals surface area contributed by atoms with Crippen LogP contribution in [0.1, 0.15) is 150 Å². The third-order valence-electron chi connectivity index (χ3n) is 19.7. The molecule has 9 rings (SSSR count). The number of amides is 2. The third kappa shape index (κ3) is 6.61. The Kier molecular flexibility index (Phi) is 10.8. The molecule has 2 amide bonds. The van der Waals surface area contributed by atoms with Crippen molar-refractivity contribution >= 4 is 35.6 Å². The lowest BCUT2D eigenvalue weighted by molar-refractivity contribution is -0.235. The molecule has 10 atom stereocenters. The monoisotopic (exact) mass is 907 g/mol. The van der Waals surface area contributed by atoms with E-state index in [1.54, 1.807) is 0 Å². The number of hydrogen-bond acceptors (Lipinski definition) is 9. The molecule has 66 heavy (non-hydrogen) atoms. The van der Waals surface area contributed by atoms with Crippen molar-refractivity contribution in [1.82, 2.24) is 20.4 Å². The highest BCUT2D eigenvalue weighted by molar-refractivity contribution is 6.05. The van der Waals surface area contributed by atoms with Gasteiger partial charge in [-0.05, 0) is 133 Å². The van der Waals surface area contributed by atoms with E-state index in [4.69, 9.17) is 9.47 Å². The summed E-state index contributed by atoms with van der Waals surface area (Å²) in [4.78, 5) is 81.6. The van der Waals surface area contributed by atoms with Crippen molar-refractivity contribution in [2.75, 3.05) is 7.11 Å². The molecule has 356 valence electrons. The summed E-state index contributed by atoms with van der Waals surface area (Å²) in [5, 5.41) is 20.6. The van der Waals surface area contributed by atoms with Crippen LogP contribution >= 0.6 is 0 Å². The summed E-state index contributed by atoms with van der Waals surface area (Å²) < 4.78 is 12.3. The van der Waals surface area contributed by atoms with E-state index in [1.165, 1.54) is 13.2 Å². The van der Waals surface area contributed by atoms with Crippen molar-refractivity contribution < 1.29 is 43.3 Å². The molecule has 13 heteroatoms. The number of aliphatic carboxylic acids is 1. The van der Waals surface area contributed by atoms with E-state index in [-0.39, 0.29) is 69.4 Å². The van der Waals surface area contributed by atoms with Crippen molar-refractivity contribution in [1.29, 1.82) is 0 Å². The van der Waals surface area contributed by atoms with Gasteiger partial charge in [-0.1, -0.05) is 92.6 Å². The van der Waals surface area contributed by atoms with Crippen molar-refractivity contribution in [3.63, 3.8) is 0 Å². The number of ether oxygens (including phenoxy) is 2. The van der Waals surface area contributed by atoms with Gasteiger partial charge >= 0.3 is 18.0 Å². The molecule has 0 aliphatic heterocycles. The van der Waals surface area contributed by atoms with Crippen molar-refractivity contribution in [2.45, 2.75) is 157 Å². The van der Waals surface area contributed by atoms with E-state index in [9.17, 15) is 33.9 Å². The van der Waals surface area contributed by atoms with E-state index < -0.39 is 46.3 Å². The number of ketones is 1. The molecule has 3 N–H and O–H groups in total. The van der Waals surface area contributed by atoms with Crippen LogP contribution in [0, 0.1) is 62.6 Å². The van der Waals surface area contributed by atoms with Gasteiger partial charge in [-0.15, -0.1) is 0 Å². The zero-order valence-corrected chi connectivity index (χ0v) is 40.6. The Labute approximate surface area is 389 Å². The Morgan fingerprint density at radius 3 is 2.12 bits per heavy atom. The molecule has 0 unspecified atom stereocenters. The van der Waals surface area contributed by atoms with Crippen molar-refractivity contribution in [2.24, 2.45) is 62.6 Å². The summed E-state index contributed by atoms with van der Waals surface area (Å²) in [5.74, 6) is -2.14. The number of allylic oxidation sites excluding steroid dienone is 1. The maximum atomic E-state index is 14.8. The molecule has 1 aromatic carbocycles. The summed E-state index contributed by atoms with van der Waals surface area (Å²) in [5.41, 5.74) is -0.166. The first-order valence-electron chi connectivity index (χ1n) is 24.5. The minimum Gasteiger partial charge on any atom is -0.481 e. The van der Waals surface area contributed by atoms with Gasteiger partial charge in [0.1, 0.15) is 17.3 Å². The van der Waals surface area contributed by atoms with E-state index in [0.29, 0.717) is 43.2 Å². The molecular weight excluding hydrogens is 837 g/mol. The highest BCUT2D eigenvalue weighted by atomic mass is 16.5. The summed E-state index contributed by atoms with van der Waals surface area (Å²) in [6, 6.07) is 10.7. The number of benzene rings is 1. The lowest BCUT2D eigenvalue weighted by Gasteiger charge is -2.72. The van der Waals surface area contributed by atoms with Crippen LogP contribution in [0.25, 0.3) is 11.3 Å². The van der Waals surface area contributed by atoms with Gasteiger partial charge in [-0.3, -0.25) is 24.0 Å². The van der Waals surface area contributed by atoms with E-state index in [1.807, 2.05) is 44.2 Å². The number of carboxylic acid groups (broad SMARTS) is 1. The summed E-state index contributed by atoms with van der Waals surface area (Å²) in [6.07, 6.45) is 7.34. The van der Waals surface area contributed by atoms with Gasteiger partial charge in [0.25, 0.3) is 5.91 Å². The molecule has 0 saturated heterocycles. The standard InChI is InChI=1S/C53H70N4O9/c1-29(2)40-36(58)28-53(55-45(63)52(24-25-52)54-42(59)35-27-34(30-14-12-11-13-15-30)56-57(35)46(64)65-10)23-22-50(8)31(41(40)53)16-17-38-49(7)20-19-39(48(5,6)37(49)18-21-51(38,50)9)66-44(62)33-26-32(43(60)61)47(33,3)4/h11-15,27,29,31-33,37-39H,16-26,28H2,1-10H3,(H,54,59)(H,55,63)(H,60,61)/t31-,32+,33-,37+,38-,39+,49+,50-,51-,53-/m1/s1. The van der Waals surface area contributed by atoms with Gasteiger partial charge in [0.05, 0.1) is 30.2 Å². The quantitative estimate of drug-likeness (QED) is 0.206. The summed E-state index contributed by atoms with van der Waals surface area (Å²) in [6.45, 7) is 19.9. The molecular formula is C53H70N4O9. The minimum absolute atomic E-state index is 0.0112. The number of esters is 1. The van der Waals surface area contributed by atoms with Gasteiger partial charge in [0.15, 0.2) is 5.78 Å². The topological polar surface area (TPSA) is 183 Å². The average molecular weight is 907 g/mol. The molecule has 0 radical (unpaired) electrons. The molecule has 0 bridgehead atoms. The summed E-state index contributed by atoms with van der Waals surface area (Å²) in [7, 11) is 1.22. The first kappa shape index (κ1) is 46.3. The van der Waals surface area contributed by atoms with Crippen molar-refractivity contribution in [3.8, 4) is 11.3 Å². The third-order valence-corrected chi connectivity index (χ3v) is 19.7. The van der Waals surface area contributed by atoms with Gasteiger partial charge in [-0.2, -0.15) is 9.78 Å². The Hall–Kier alpha value is -4.81. The Balaban J connectivity index is 0.956. The Bertz CT molecular complexity index is 2430. The zero-order chi connectivity index (χ0) is 47.7. The molecule has 7 aliphatic carbocycles. The fourth-order valence-electron chi connectivity index (χ4n) is 15.6. The normalized spacial score (nSPS) is 36.7. The molecule has 1 aromatic heterocycles. The second-order valence-electron chi connectivity index (χ2n) is 23.7. The molecule has 2 aromatic rings. The van der Waals surface area contributed by atoms with Crippen LogP contribution in [0.15, 0.2) is 47.5 Å². The van der Waals surface area contributed by atoms with Crippen molar-refractivity contribution in [3.05, 3.63) is 53.2 Å². The number of aromatic nitrogens is 2. The number of Topliss-reactive ketones (excluding diaryl/α,β-unsaturated/α-hetero) is 1. The van der Waals surface area contributed by atoms with Crippen LogP contribution < -0.4 is 10.6 Å². The highest BCUT2D eigenvalue weighted by Gasteiger charge is 2.71. The molecule has 7 aliphatic rings. The van der Waals surface area contributed by atoms with Crippen LogP contribution in [0.2, 0.25) is 0 Å². The van der Waals surface area contributed by atoms with Gasteiger partial charge in [-0.25, -0.2) is 4.79 Å². The number of methoxy groups -OCH3 is 1. The van der Waals surface area contributed by atoms with Gasteiger partial charge < -0.3 is 25.2 Å². The predicted octanol–water partition coefficient (Wildman–Crippen LogP) is 8.94. The molecule has 6 fully saturated rings.